The lowest BCUT2D eigenvalue weighted by Gasteiger charge is -2.37. The van der Waals surface area contributed by atoms with E-state index in [1.54, 1.807) is 83.5 Å². The predicted molar refractivity (Wildman–Crippen MR) is 457 cm³/mol. The van der Waals surface area contributed by atoms with Gasteiger partial charge < -0.3 is 72.1 Å². The number of amides is 10. The van der Waals surface area contributed by atoms with Crippen LogP contribution in [0.4, 0.5) is 4.79 Å². The number of ether oxygens (including phenoxy) is 4. The van der Waals surface area contributed by atoms with E-state index in [0.29, 0.717) is 57.7 Å². The second-order valence-electron chi connectivity index (χ2n) is 29.8. The first-order valence-electron chi connectivity index (χ1n) is 39.5. The predicted octanol–water partition coefficient (Wildman–Crippen LogP) is 9.12. The van der Waals surface area contributed by atoms with Gasteiger partial charge in [0.15, 0.2) is 5.78 Å². The summed E-state index contributed by atoms with van der Waals surface area (Å²) in [5.74, 6) is -5.95. The lowest BCUT2D eigenvalue weighted by Crippen LogP contribution is -2.62. The number of Topliss-reactive ketones (excluding diaryl/α,β-unsaturated/α-hetero) is 1. The Kier molecular flexibility index (Phi) is 40.6. The zero-order chi connectivity index (χ0) is 84.7. The molecule has 0 saturated heterocycles. The Morgan fingerprint density at radius 1 is 0.431 bits per heavy atom. The van der Waals surface area contributed by atoms with Gasteiger partial charge in [0, 0.05) is 37.3 Å². The fourth-order valence-electron chi connectivity index (χ4n) is 12.4. The van der Waals surface area contributed by atoms with Crippen LogP contribution < -0.4 is 53.2 Å². The zero-order valence-electron chi connectivity index (χ0n) is 69.0. The minimum atomic E-state index is -1.66. The van der Waals surface area contributed by atoms with Crippen LogP contribution >= 0.6 is 33.3 Å². The summed E-state index contributed by atoms with van der Waals surface area (Å²) >= 11 is 1.53. The molecule has 0 heterocycles. The summed E-state index contributed by atoms with van der Waals surface area (Å²) < 4.78 is 23.9. The molecule has 628 valence electrons. The summed E-state index contributed by atoms with van der Waals surface area (Å²) in [7, 11) is 3.00. The van der Waals surface area contributed by atoms with E-state index in [2.05, 4.69) is 53.2 Å². The van der Waals surface area contributed by atoms with Crippen molar-refractivity contribution in [3.05, 3.63) is 214 Å². The number of benzene rings is 6. The molecule has 1 unspecified atom stereocenters. The van der Waals surface area contributed by atoms with Crippen molar-refractivity contribution in [2.75, 3.05) is 63.1 Å². The van der Waals surface area contributed by atoms with Crippen LogP contribution in [0.25, 0.3) is 0 Å². The van der Waals surface area contributed by atoms with Crippen LogP contribution in [0.5, 0.6) is 0 Å². The molecule has 28 heteroatoms. The lowest BCUT2D eigenvalue weighted by atomic mass is 9.80. The topological polar surface area (TPSA) is 345 Å². The van der Waals surface area contributed by atoms with Crippen LogP contribution in [0.1, 0.15) is 133 Å². The summed E-state index contributed by atoms with van der Waals surface area (Å²) in [5, 5.41) is 28.4. The summed E-state index contributed by atoms with van der Waals surface area (Å²) in [6, 6.07) is 40.6. The maximum atomic E-state index is 15.9. The standard InChI is InChI=1S/C88H118N10O15S3/c1-14-60(8)77(85(108)92-69(61(9)99)45-50-114-13)98-82(105)72(51-62-29-21-17-22-30-62)93-81(104)71(53-64-43-39-59(7)40-44-64)94-83(106)73(54-112-88(65-31-23-18-24-32-65,66-33-25-19-26-34-66)67-35-27-20-28-36-67)95-84(107)76(57(4)5)97-79(102)68(15-2)91-80(103)70(52-63-41-37-58(6)38-42-63)90-75(100)55-111-49-48-110-47-46-89-78(101)74(56-116-115-16-3)96-86(109)113-87(10,11)12/h17-44,57,60,68-74,76-77H,14-16,45-56H2,1-13H3,(H,89,101)(H,90,100)(H,91,103)(H,92,108)(H,93,104)(H,94,106)(H,95,107)(H,96,109)(H,97,102)(H,98,105)/t60?,68-,69-,70-,71-,72-,73-,74-,76-,77-/m0/s1. The average Bonchev–Trinajstić information content (AvgIpc) is 0.755. The molecule has 0 aliphatic rings. The second kappa shape index (κ2) is 49.5. The molecule has 6 aromatic carbocycles. The van der Waals surface area contributed by atoms with Crippen LogP contribution in [0.2, 0.25) is 0 Å². The first-order chi connectivity index (χ1) is 55.5. The van der Waals surface area contributed by atoms with Crippen LogP contribution in [-0.4, -0.2) is 188 Å². The molecule has 0 fully saturated rings. The van der Waals surface area contributed by atoms with E-state index in [1.165, 1.54) is 29.5 Å². The fourth-order valence-corrected chi connectivity index (χ4v) is 14.7. The van der Waals surface area contributed by atoms with Gasteiger partial charge in [-0.3, -0.25) is 47.9 Å². The van der Waals surface area contributed by atoms with Gasteiger partial charge in [0.2, 0.25) is 53.2 Å². The first kappa shape index (κ1) is 95.3. The number of nitrogens with one attached hydrogen (secondary N) is 10. The molecule has 0 radical (unpaired) electrons. The molecule has 0 saturated carbocycles. The Labute approximate surface area is 695 Å². The van der Waals surface area contributed by atoms with Crippen LogP contribution in [-0.2, 0) is 91.8 Å². The van der Waals surface area contributed by atoms with Crippen molar-refractivity contribution in [1.29, 1.82) is 0 Å². The fraction of sp³-hybridized carbons (Fsp3) is 0.466. The number of carbonyl (C=O) groups is 11. The Morgan fingerprint density at radius 2 is 0.862 bits per heavy atom. The molecule has 6 rings (SSSR count). The molecular formula is C88H118N10O15S3. The van der Waals surface area contributed by atoms with Crippen molar-refractivity contribution in [1.82, 2.24) is 53.2 Å². The normalized spacial score (nSPS) is 14.1. The Morgan fingerprint density at radius 3 is 1.34 bits per heavy atom. The third-order valence-corrected chi connectivity index (χ3v) is 22.2. The van der Waals surface area contributed by atoms with Gasteiger partial charge in [-0.25, -0.2) is 4.79 Å². The highest BCUT2D eigenvalue weighted by atomic mass is 33.1. The van der Waals surface area contributed by atoms with E-state index in [-0.39, 0.29) is 57.8 Å². The molecular weight excluding hydrogens is 1530 g/mol. The molecule has 10 N–H and O–H groups in total. The van der Waals surface area contributed by atoms with E-state index in [1.807, 2.05) is 180 Å². The van der Waals surface area contributed by atoms with Crippen molar-refractivity contribution in [2.24, 2.45) is 11.8 Å². The molecule has 0 spiro atoms. The summed E-state index contributed by atoms with van der Waals surface area (Å²) in [6.45, 7) is 20.3. The Balaban J connectivity index is 1.27. The minimum absolute atomic E-state index is 0.0108. The number of alkyl carbamates (subject to hydrolysis) is 1. The van der Waals surface area contributed by atoms with Crippen LogP contribution in [0.3, 0.4) is 0 Å². The minimum Gasteiger partial charge on any atom is -0.444 e. The number of hydrogen-bond acceptors (Lipinski definition) is 18. The third-order valence-electron chi connectivity index (χ3n) is 19.1. The van der Waals surface area contributed by atoms with Gasteiger partial charge in [-0.05, 0) is 112 Å². The Bertz CT molecular complexity index is 4000. The van der Waals surface area contributed by atoms with E-state index >= 15 is 14.4 Å². The highest BCUT2D eigenvalue weighted by Crippen LogP contribution is 2.41. The summed E-state index contributed by atoms with van der Waals surface area (Å²) in [4.78, 5) is 158. The quantitative estimate of drug-likeness (QED) is 0.00966. The summed E-state index contributed by atoms with van der Waals surface area (Å²) in [6.07, 6.45) is 1.88. The molecule has 0 aromatic heterocycles. The van der Waals surface area contributed by atoms with Gasteiger partial charge in [-0.1, -0.05) is 251 Å². The molecule has 10 amide bonds. The molecule has 25 nitrogen and oxygen atoms in total. The van der Waals surface area contributed by atoms with E-state index in [4.69, 9.17) is 18.9 Å². The van der Waals surface area contributed by atoms with Gasteiger partial charge in [0.1, 0.15) is 66.1 Å². The molecule has 0 bridgehead atoms. The van der Waals surface area contributed by atoms with Gasteiger partial charge in [0.05, 0.1) is 32.5 Å². The van der Waals surface area contributed by atoms with Crippen molar-refractivity contribution in [2.45, 2.75) is 187 Å². The van der Waals surface area contributed by atoms with Gasteiger partial charge >= 0.3 is 6.09 Å². The van der Waals surface area contributed by atoms with Crippen LogP contribution in [0.15, 0.2) is 170 Å². The highest BCUT2D eigenvalue weighted by Gasteiger charge is 2.42. The number of hydrogen-bond donors (Lipinski definition) is 10. The van der Waals surface area contributed by atoms with Crippen LogP contribution in [0, 0.1) is 25.7 Å². The maximum Gasteiger partial charge on any atom is 0.408 e. The largest absolute Gasteiger partial charge is 0.444 e. The van der Waals surface area contributed by atoms with Gasteiger partial charge in [-0.2, -0.15) is 11.8 Å². The van der Waals surface area contributed by atoms with Crippen molar-refractivity contribution in [3.63, 3.8) is 0 Å². The number of carbonyl (C=O) groups excluding carboxylic acids is 11. The summed E-state index contributed by atoms with van der Waals surface area (Å²) in [5.41, 5.74) is 3.63. The van der Waals surface area contributed by atoms with E-state index in [0.717, 1.165) is 16.9 Å². The number of thioether (sulfide) groups is 1. The monoisotopic (exact) mass is 1650 g/mol. The van der Waals surface area contributed by atoms with Crippen molar-refractivity contribution >= 4 is 98.4 Å². The third kappa shape index (κ3) is 31.8. The highest BCUT2D eigenvalue weighted by molar-refractivity contribution is 8.76. The number of aryl methyl sites for hydroxylation is 2. The SMILES string of the molecule is CCSSC[C@H](NC(=O)OC(C)(C)C)C(=O)NCCOCCOCC(=O)N[C@@H](Cc1ccc(C)cc1)C(=O)N[C@@H](CC)C(=O)N[C@H](C(=O)N[C@@H](COC(c1ccccc1)(c1ccccc1)c1ccccc1)C(=O)N[C@@H](Cc1ccc(C)cc1)C(=O)N[C@@H](Cc1ccccc1)C(=O)N[C@H](C(=O)N[C@@H](CCSC)C(C)=O)C(C)CC)C(C)C. The molecule has 0 aliphatic heterocycles. The second-order valence-corrected chi connectivity index (χ2v) is 33.6. The van der Waals surface area contributed by atoms with Crippen molar-refractivity contribution in [3.8, 4) is 0 Å². The lowest BCUT2D eigenvalue weighted by molar-refractivity contribution is -0.138. The first-order valence-corrected chi connectivity index (χ1v) is 43.4. The van der Waals surface area contributed by atoms with Gasteiger partial charge in [0.25, 0.3) is 0 Å². The van der Waals surface area contributed by atoms with Gasteiger partial charge in [-0.15, -0.1) is 0 Å². The zero-order valence-corrected chi connectivity index (χ0v) is 71.4. The average molecular weight is 1650 g/mol. The molecule has 116 heavy (non-hydrogen) atoms. The smallest absolute Gasteiger partial charge is 0.408 e. The number of rotatable bonds is 49. The van der Waals surface area contributed by atoms with Crippen molar-refractivity contribution < 1.29 is 71.7 Å². The van der Waals surface area contributed by atoms with E-state index in [9.17, 15) is 38.4 Å². The Hall–Kier alpha value is -9.58. The molecule has 10 atom stereocenters. The molecule has 0 aliphatic carbocycles. The molecule has 6 aromatic rings. The number of ketones is 1. The maximum absolute atomic E-state index is 15.9. The van der Waals surface area contributed by atoms with E-state index < -0.39 is 150 Å².